The van der Waals surface area contributed by atoms with Crippen LogP contribution in [0.15, 0.2) is 46.3 Å². The van der Waals surface area contributed by atoms with Crippen LogP contribution in [0.5, 0.6) is 0 Å². The minimum atomic E-state index is -1.41. The highest BCUT2D eigenvalue weighted by molar-refractivity contribution is 7.85. The standard InChI is InChI=1S/C20H24N2O2S.C2H6/c1-14-13-21-20(22-16-8-4-3-5-9-16)12-19(14)25(24)18-11-7-6-10-17(18)15(2)23;1-2/h6-7,10-13,16H,3-5,8-9H2,1-2H3,(H,21,22);1-2H3. The number of carbonyl (C=O) groups is 1. The second kappa shape index (κ2) is 10.4. The summed E-state index contributed by atoms with van der Waals surface area (Å²) in [6.45, 7) is 7.41. The zero-order chi connectivity index (χ0) is 19.8. The van der Waals surface area contributed by atoms with Crippen molar-refractivity contribution >= 4 is 22.4 Å². The van der Waals surface area contributed by atoms with Crippen molar-refractivity contribution in [3.05, 3.63) is 47.7 Å². The number of nitrogens with one attached hydrogen (secondary N) is 1. The average molecular weight is 387 g/mol. The molecule has 5 heteroatoms. The maximum Gasteiger partial charge on any atom is 0.161 e. The number of hydrogen-bond acceptors (Lipinski definition) is 4. The summed E-state index contributed by atoms with van der Waals surface area (Å²) in [5.74, 6) is 0.692. The van der Waals surface area contributed by atoms with Gasteiger partial charge in [0.05, 0.1) is 20.6 Å². The highest BCUT2D eigenvalue weighted by Gasteiger charge is 2.18. The Morgan fingerprint density at radius 2 is 1.78 bits per heavy atom. The van der Waals surface area contributed by atoms with Crippen LogP contribution < -0.4 is 5.32 Å². The zero-order valence-corrected chi connectivity index (χ0v) is 17.6. The fourth-order valence-corrected chi connectivity index (χ4v) is 4.69. The first kappa shape index (κ1) is 21.3. The summed E-state index contributed by atoms with van der Waals surface area (Å²) < 4.78 is 13.1. The van der Waals surface area contributed by atoms with Crippen LogP contribution in [-0.2, 0) is 10.8 Å². The number of carbonyl (C=O) groups excluding carboxylic acids is 1. The van der Waals surface area contributed by atoms with Gasteiger partial charge in [0.1, 0.15) is 5.82 Å². The Labute approximate surface area is 165 Å². The molecule has 1 atom stereocenters. The van der Waals surface area contributed by atoms with E-state index in [9.17, 15) is 9.00 Å². The van der Waals surface area contributed by atoms with Gasteiger partial charge in [0, 0.05) is 17.8 Å². The lowest BCUT2D eigenvalue weighted by molar-refractivity contribution is 0.101. The molecule has 27 heavy (non-hydrogen) atoms. The van der Waals surface area contributed by atoms with Crippen molar-refractivity contribution in [1.29, 1.82) is 0 Å². The Balaban J connectivity index is 0.00000126. The van der Waals surface area contributed by atoms with Gasteiger partial charge in [0.15, 0.2) is 5.78 Å². The van der Waals surface area contributed by atoms with E-state index in [1.54, 1.807) is 24.4 Å². The quantitative estimate of drug-likeness (QED) is 0.686. The third-order valence-corrected chi connectivity index (χ3v) is 6.27. The van der Waals surface area contributed by atoms with E-state index in [1.165, 1.54) is 26.2 Å². The van der Waals surface area contributed by atoms with E-state index < -0.39 is 10.8 Å². The molecular weight excluding hydrogens is 356 g/mol. The molecule has 0 bridgehead atoms. The summed E-state index contributed by atoms with van der Waals surface area (Å²) in [5.41, 5.74) is 1.38. The summed E-state index contributed by atoms with van der Waals surface area (Å²) in [4.78, 5) is 17.6. The molecular formula is C22H30N2O2S. The molecule has 0 radical (unpaired) electrons. The molecule has 1 N–H and O–H groups in total. The van der Waals surface area contributed by atoms with Gasteiger partial charge in [0.25, 0.3) is 0 Å². The Kier molecular flexibility index (Phi) is 8.17. The van der Waals surface area contributed by atoms with Crippen molar-refractivity contribution < 1.29 is 9.00 Å². The van der Waals surface area contributed by atoms with Crippen molar-refractivity contribution in [1.82, 2.24) is 4.98 Å². The van der Waals surface area contributed by atoms with Gasteiger partial charge in [-0.25, -0.2) is 9.19 Å². The summed E-state index contributed by atoms with van der Waals surface area (Å²) in [5, 5.41) is 3.48. The van der Waals surface area contributed by atoms with Gasteiger partial charge >= 0.3 is 0 Å². The van der Waals surface area contributed by atoms with Gasteiger partial charge in [-0.1, -0.05) is 51.3 Å². The smallest absolute Gasteiger partial charge is 0.161 e. The Morgan fingerprint density at radius 3 is 2.44 bits per heavy atom. The van der Waals surface area contributed by atoms with Gasteiger partial charge in [-0.3, -0.25) is 4.79 Å². The maximum absolute atomic E-state index is 13.1. The van der Waals surface area contributed by atoms with Gasteiger partial charge in [-0.05, 0) is 44.4 Å². The molecule has 0 saturated heterocycles. The number of aromatic nitrogens is 1. The number of aryl methyl sites for hydroxylation is 1. The third-order valence-electron chi connectivity index (χ3n) is 4.68. The fourth-order valence-electron chi connectivity index (χ4n) is 3.28. The summed E-state index contributed by atoms with van der Waals surface area (Å²) in [6.07, 6.45) is 7.86. The normalized spacial score (nSPS) is 15.4. The fraction of sp³-hybridized carbons (Fsp3) is 0.455. The van der Waals surface area contributed by atoms with E-state index in [1.807, 2.05) is 32.9 Å². The monoisotopic (exact) mass is 386 g/mol. The molecule has 1 aromatic heterocycles. The third kappa shape index (κ3) is 5.48. The lowest BCUT2D eigenvalue weighted by Crippen LogP contribution is -2.23. The number of ketones is 1. The number of rotatable bonds is 5. The van der Waals surface area contributed by atoms with Crippen LogP contribution in [0.3, 0.4) is 0 Å². The Morgan fingerprint density at radius 1 is 1.11 bits per heavy atom. The highest BCUT2D eigenvalue weighted by Crippen LogP contribution is 2.26. The lowest BCUT2D eigenvalue weighted by atomic mass is 9.95. The predicted octanol–water partition coefficient (Wildman–Crippen LogP) is 5.53. The van der Waals surface area contributed by atoms with Crippen LogP contribution in [0.4, 0.5) is 5.82 Å². The number of Topliss-reactive ketones (excluding diaryl/α,β-unsaturated/α-hetero) is 1. The van der Waals surface area contributed by atoms with E-state index in [-0.39, 0.29) is 5.78 Å². The second-order valence-corrected chi connectivity index (χ2v) is 8.05. The molecule has 1 aromatic carbocycles. The summed E-state index contributed by atoms with van der Waals surface area (Å²) in [7, 11) is -1.41. The average Bonchev–Trinajstić information content (AvgIpc) is 2.71. The molecule has 1 heterocycles. The van der Waals surface area contributed by atoms with Crippen molar-refractivity contribution in [2.75, 3.05) is 5.32 Å². The first-order valence-corrected chi connectivity index (χ1v) is 11.0. The van der Waals surface area contributed by atoms with Gasteiger partial charge in [-0.15, -0.1) is 0 Å². The molecule has 146 valence electrons. The number of hydrogen-bond donors (Lipinski definition) is 1. The molecule has 2 aromatic rings. The topological polar surface area (TPSA) is 59.1 Å². The van der Waals surface area contributed by atoms with Crippen molar-refractivity contribution in [2.24, 2.45) is 0 Å². The molecule has 0 amide bonds. The SMILES string of the molecule is CC.CC(=O)c1ccccc1S(=O)c1cc(NC2CCCCC2)ncc1C. The van der Waals surface area contributed by atoms with E-state index in [0.29, 0.717) is 21.4 Å². The van der Waals surface area contributed by atoms with Crippen LogP contribution >= 0.6 is 0 Å². The minimum Gasteiger partial charge on any atom is -0.367 e. The van der Waals surface area contributed by atoms with E-state index >= 15 is 0 Å². The molecule has 1 unspecified atom stereocenters. The number of anilines is 1. The van der Waals surface area contributed by atoms with Gasteiger partial charge < -0.3 is 5.32 Å². The van der Waals surface area contributed by atoms with Crippen molar-refractivity contribution in [3.63, 3.8) is 0 Å². The van der Waals surface area contributed by atoms with Crippen LogP contribution in [0.1, 0.15) is 68.8 Å². The highest BCUT2D eigenvalue weighted by atomic mass is 32.2. The first-order chi connectivity index (χ1) is 13.1. The van der Waals surface area contributed by atoms with Crippen LogP contribution in [-0.4, -0.2) is 21.0 Å². The maximum atomic E-state index is 13.1. The number of nitrogens with zero attached hydrogens (tertiary/aromatic N) is 1. The first-order valence-electron chi connectivity index (χ1n) is 9.81. The second-order valence-electron chi connectivity index (χ2n) is 6.64. The Hall–Kier alpha value is -2.01. The molecule has 3 rings (SSSR count). The van der Waals surface area contributed by atoms with Crippen LogP contribution in [0.2, 0.25) is 0 Å². The molecule has 4 nitrogen and oxygen atoms in total. The lowest BCUT2D eigenvalue weighted by Gasteiger charge is -2.23. The van der Waals surface area contributed by atoms with Crippen molar-refractivity contribution in [3.8, 4) is 0 Å². The zero-order valence-electron chi connectivity index (χ0n) is 16.7. The van der Waals surface area contributed by atoms with E-state index in [4.69, 9.17) is 0 Å². The van der Waals surface area contributed by atoms with Crippen molar-refractivity contribution in [2.45, 2.75) is 75.6 Å². The number of benzene rings is 1. The van der Waals surface area contributed by atoms with E-state index in [2.05, 4.69) is 10.3 Å². The molecule has 1 saturated carbocycles. The van der Waals surface area contributed by atoms with Gasteiger partial charge in [-0.2, -0.15) is 0 Å². The molecule has 1 aliphatic rings. The summed E-state index contributed by atoms with van der Waals surface area (Å²) in [6, 6.07) is 9.42. The Bertz CT molecular complexity index is 799. The van der Waals surface area contributed by atoms with Gasteiger partial charge in [0.2, 0.25) is 0 Å². The molecule has 1 aliphatic carbocycles. The van der Waals surface area contributed by atoms with Crippen LogP contribution in [0, 0.1) is 6.92 Å². The molecule has 0 aliphatic heterocycles. The summed E-state index contributed by atoms with van der Waals surface area (Å²) >= 11 is 0. The minimum absolute atomic E-state index is 0.0730. The molecule has 1 fully saturated rings. The number of pyridine rings is 1. The molecule has 0 spiro atoms. The largest absolute Gasteiger partial charge is 0.367 e. The van der Waals surface area contributed by atoms with Crippen LogP contribution in [0.25, 0.3) is 0 Å². The predicted molar refractivity (Wildman–Crippen MR) is 112 cm³/mol. The van der Waals surface area contributed by atoms with E-state index in [0.717, 1.165) is 24.2 Å².